The highest BCUT2D eigenvalue weighted by Gasteiger charge is 1.83. The molecular weight excluding hydrogens is 176 g/mol. The molecule has 8 nitrogen and oxygen atoms in total. The number of guanidine groups is 1. The fourth-order valence-electron chi connectivity index (χ4n) is 0. The Morgan fingerprint density at radius 3 is 1.64 bits per heavy atom. The van der Waals surface area contributed by atoms with Crippen molar-refractivity contribution in [2.24, 2.45) is 11.6 Å². The fourth-order valence-corrected chi connectivity index (χ4v) is 0. The Balaban J connectivity index is 0. The molecule has 5 N–H and O–H groups in total. The van der Waals surface area contributed by atoms with E-state index in [-0.39, 0.29) is 5.96 Å². The molecular formula is C2H8N4O4S-2. The Morgan fingerprint density at radius 2 is 1.64 bits per heavy atom. The molecule has 0 aliphatic carbocycles. The Hall–Kier alpha value is -0.900. The highest BCUT2D eigenvalue weighted by Crippen LogP contribution is 1.57. The number of rotatable bonds is 0. The number of hydrogen-bond donors (Lipinski definition) is 3. The summed E-state index contributed by atoms with van der Waals surface area (Å²) in [5.41, 5.74) is 4.82. The first kappa shape index (κ1) is 12.7. The lowest BCUT2D eigenvalue weighted by Gasteiger charge is -2.06. The molecule has 0 atom stereocenters. The second-order valence-electron chi connectivity index (χ2n) is 1.40. The minimum Gasteiger partial charge on any atom is -0.759 e. The summed E-state index contributed by atoms with van der Waals surface area (Å²) in [6, 6.07) is 0. The molecule has 68 valence electrons. The maximum Gasteiger partial charge on any atom is 0.202 e. The van der Waals surface area contributed by atoms with Crippen molar-refractivity contribution in [3.8, 4) is 0 Å². The quantitative estimate of drug-likeness (QED) is 0.0924. The molecule has 0 saturated carbocycles. The molecule has 0 radical (unpaired) electrons. The van der Waals surface area contributed by atoms with E-state index in [2.05, 4.69) is 0 Å². The number of hydrazine groups is 1. The van der Waals surface area contributed by atoms with E-state index >= 15 is 0 Å². The third kappa shape index (κ3) is 47.7. The molecule has 9 heteroatoms. The Labute approximate surface area is 63.8 Å². The van der Waals surface area contributed by atoms with Crippen LogP contribution in [0.3, 0.4) is 0 Å². The third-order valence-electron chi connectivity index (χ3n) is 0.380. The summed E-state index contributed by atoms with van der Waals surface area (Å²) in [5, 5.41) is 7.56. The van der Waals surface area contributed by atoms with Gasteiger partial charge in [-0.3, -0.25) is 18.8 Å². The number of nitrogens with zero attached hydrogens (tertiary/aromatic N) is 1. The molecule has 0 aliphatic heterocycles. The van der Waals surface area contributed by atoms with Crippen molar-refractivity contribution in [3.63, 3.8) is 0 Å². The predicted octanol–water partition coefficient (Wildman–Crippen LogP) is -2.65. The van der Waals surface area contributed by atoms with Crippen LogP contribution in [0, 0.1) is 5.41 Å². The van der Waals surface area contributed by atoms with Crippen molar-refractivity contribution in [2.75, 3.05) is 7.05 Å². The zero-order valence-corrected chi connectivity index (χ0v) is 6.46. The van der Waals surface area contributed by atoms with Gasteiger partial charge in [0.2, 0.25) is 5.96 Å². The van der Waals surface area contributed by atoms with Gasteiger partial charge in [-0.05, 0) is 0 Å². The number of nitrogens with two attached hydrogens (primary N) is 2. The lowest BCUT2D eigenvalue weighted by molar-refractivity contribution is 0.352. The second-order valence-corrected chi connectivity index (χ2v) is 2.22. The molecule has 11 heavy (non-hydrogen) atoms. The maximum atomic E-state index is 8.52. The Bertz CT molecular complexity index is 200. The van der Waals surface area contributed by atoms with E-state index < -0.39 is 10.4 Å². The summed E-state index contributed by atoms with van der Waals surface area (Å²) in [7, 11) is -3.66. The SMILES string of the molecule is CN(N)C(=N)N.O=S(=O)([O-])[O-]. The topological polar surface area (TPSA) is 159 Å². The van der Waals surface area contributed by atoms with Gasteiger partial charge < -0.3 is 14.8 Å². The highest BCUT2D eigenvalue weighted by molar-refractivity contribution is 7.79. The van der Waals surface area contributed by atoms with Crippen molar-refractivity contribution in [1.82, 2.24) is 5.01 Å². The van der Waals surface area contributed by atoms with Gasteiger partial charge >= 0.3 is 0 Å². The largest absolute Gasteiger partial charge is 0.759 e. The van der Waals surface area contributed by atoms with Crippen LogP contribution in [0.4, 0.5) is 0 Å². The lowest BCUT2D eigenvalue weighted by Crippen LogP contribution is -2.38. The fraction of sp³-hybridized carbons (Fsp3) is 0.500. The highest BCUT2D eigenvalue weighted by atomic mass is 32.3. The lowest BCUT2D eigenvalue weighted by atomic mass is 11.0. The smallest absolute Gasteiger partial charge is 0.202 e. The number of nitrogens with one attached hydrogen (secondary N) is 1. The zero-order valence-electron chi connectivity index (χ0n) is 5.64. The van der Waals surface area contributed by atoms with Gasteiger partial charge in [0.1, 0.15) is 0 Å². The maximum absolute atomic E-state index is 8.52. The van der Waals surface area contributed by atoms with E-state index in [1.54, 1.807) is 0 Å². The molecule has 0 aromatic carbocycles. The molecule has 0 rings (SSSR count). The van der Waals surface area contributed by atoms with E-state index in [0.717, 1.165) is 5.01 Å². The molecule has 0 fully saturated rings. The van der Waals surface area contributed by atoms with Crippen LogP contribution in [0.15, 0.2) is 0 Å². The van der Waals surface area contributed by atoms with Gasteiger partial charge in [0.15, 0.2) is 0 Å². The Kier molecular flexibility index (Phi) is 5.62. The van der Waals surface area contributed by atoms with Gasteiger partial charge in [-0.15, -0.1) is 0 Å². The summed E-state index contributed by atoms with van der Waals surface area (Å²) in [6.07, 6.45) is 0. The summed E-state index contributed by atoms with van der Waals surface area (Å²) in [5.74, 6) is 4.79. The predicted molar refractivity (Wildman–Crippen MR) is 34.3 cm³/mol. The molecule has 0 unspecified atom stereocenters. The van der Waals surface area contributed by atoms with E-state index in [4.69, 9.17) is 34.5 Å². The molecule has 0 aliphatic rings. The number of hydrogen-bond acceptors (Lipinski definition) is 6. The first-order valence-electron chi connectivity index (χ1n) is 2.13. The molecule has 0 spiro atoms. The third-order valence-corrected chi connectivity index (χ3v) is 0.380. The molecule has 0 bridgehead atoms. The average Bonchev–Trinajstić information content (AvgIpc) is 1.59. The van der Waals surface area contributed by atoms with Gasteiger partial charge in [-0.1, -0.05) is 0 Å². The second kappa shape index (κ2) is 4.85. The molecule has 0 amide bonds. The van der Waals surface area contributed by atoms with E-state index in [0.29, 0.717) is 0 Å². The van der Waals surface area contributed by atoms with Crippen LogP contribution in [0.5, 0.6) is 0 Å². The minimum atomic E-state index is -5.17. The van der Waals surface area contributed by atoms with Gasteiger partial charge in [0, 0.05) is 17.4 Å². The molecule has 0 aromatic heterocycles. The first-order valence-corrected chi connectivity index (χ1v) is 3.47. The van der Waals surface area contributed by atoms with Crippen molar-refractivity contribution in [2.45, 2.75) is 0 Å². The average molecular weight is 184 g/mol. The van der Waals surface area contributed by atoms with Gasteiger partial charge in [0.05, 0.1) is 0 Å². The van der Waals surface area contributed by atoms with E-state index in [1.165, 1.54) is 7.05 Å². The van der Waals surface area contributed by atoms with Gasteiger partial charge in [-0.2, -0.15) is 0 Å². The van der Waals surface area contributed by atoms with Crippen molar-refractivity contribution in [3.05, 3.63) is 0 Å². The van der Waals surface area contributed by atoms with Crippen LogP contribution in [0.1, 0.15) is 0 Å². The van der Waals surface area contributed by atoms with Crippen LogP contribution < -0.4 is 11.6 Å². The molecule has 0 saturated heterocycles. The summed E-state index contributed by atoms with van der Waals surface area (Å²) < 4.78 is 34.1. The van der Waals surface area contributed by atoms with Crippen LogP contribution in [-0.4, -0.2) is 35.5 Å². The standard InChI is InChI=1S/C2H8N4.H2O4S/c1-6(5)2(3)4;1-5(2,3)4/h5H2,1H3,(H3,3,4);(H2,1,2,3,4)/p-2. The summed E-state index contributed by atoms with van der Waals surface area (Å²) in [6.45, 7) is 0. The van der Waals surface area contributed by atoms with Gasteiger partial charge in [-0.25, -0.2) is 5.84 Å². The van der Waals surface area contributed by atoms with Crippen molar-refractivity contribution in [1.29, 1.82) is 5.41 Å². The van der Waals surface area contributed by atoms with Crippen LogP contribution in [0.2, 0.25) is 0 Å². The van der Waals surface area contributed by atoms with E-state index in [9.17, 15) is 0 Å². The minimum absolute atomic E-state index is 0.130. The molecule has 0 heterocycles. The first-order chi connectivity index (χ1) is 4.64. The van der Waals surface area contributed by atoms with Crippen LogP contribution in [-0.2, 0) is 10.4 Å². The van der Waals surface area contributed by atoms with Crippen LogP contribution >= 0.6 is 0 Å². The van der Waals surface area contributed by atoms with Crippen LogP contribution in [0.25, 0.3) is 0 Å². The molecule has 0 aromatic rings. The Morgan fingerprint density at radius 1 is 1.55 bits per heavy atom. The van der Waals surface area contributed by atoms with Gasteiger partial charge in [0.25, 0.3) is 0 Å². The normalized spacial score (nSPS) is 9.45. The monoisotopic (exact) mass is 184 g/mol. The summed E-state index contributed by atoms with van der Waals surface area (Å²) >= 11 is 0. The van der Waals surface area contributed by atoms with Crippen molar-refractivity contribution < 1.29 is 17.5 Å². The van der Waals surface area contributed by atoms with Crippen molar-refractivity contribution >= 4 is 16.4 Å². The zero-order chi connectivity index (χ0) is 9.65. The van der Waals surface area contributed by atoms with E-state index in [1.807, 2.05) is 0 Å². The summed E-state index contributed by atoms with van der Waals surface area (Å²) in [4.78, 5) is 0.